The van der Waals surface area contributed by atoms with Gasteiger partial charge < -0.3 is 20.9 Å². The highest BCUT2D eigenvalue weighted by molar-refractivity contribution is 7.80. The Labute approximate surface area is 175 Å². The molecule has 29 heavy (non-hydrogen) atoms. The predicted molar refractivity (Wildman–Crippen MR) is 115 cm³/mol. The number of nitrogens with zero attached hydrogens (tertiary/aromatic N) is 3. The van der Waals surface area contributed by atoms with Gasteiger partial charge in [-0.05, 0) is 24.1 Å². The molecule has 1 aromatic carbocycles. The molecule has 0 aliphatic carbocycles. The minimum atomic E-state index is -1.11. The average Bonchev–Trinajstić information content (AvgIpc) is 3.28. The Bertz CT molecular complexity index is 1020. The Morgan fingerprint density at radius 3 is 2.72 bits per heavy atom. The topological polar surface area (TPSA) is 101 Å². The molecule has 1 unspecified atom stereocenters. The number of fused-ring (bicyclic) bond motifs is 1. The Morgan fingerprint density at radius 1 is 1.28 bits per heavy atom. The third-order valence-electron chi connectivity index (χ3n) is 5.71. The van der Waals surface area contributed by atoms with E-state index in [2.05, 4.69) is 23.9 Å². The van der Waals surface area contributed by atoms with Crippen molar-refractivity contribution in [3.8, 4) is 0 Å². The Hall–Kier alpha value is -2.55. The fraction of sp³-hybridized carbons (Fsp3) is 0.381. The van der Waals surface area contributed by atoms with Crippen LogP contribution in [0, 0.1) is 5.92 Å². The average molecular weight is 412 g/mol. The highest BCUT2D eigenvalue weighted by Crippen LogP contribution is 2.46. The van der Waals surface area contributed by atoms with Crippen LogP contribution in [0.4, 0.5) is 5.82 Å². The van der Waals surface area contributed by atoms with Gasteiger partial charge >= 0.3 is 0 Å². The number of thiocarbonyl (C=S) groups is 1. The zero-order chi connectivity index (χ0) is 20.6. The molecule has 1 fully saturated rings. The first-order valence-electron chi connectivity index (χ1n) is 9.71. The smallest absolute Gasteiger partial charge is 0.186 e. The molecule has 3 aromatic rings. The Kier molecular flexibility index (Phi) is 5.24. The van der Waals surface area contributed by atoms with Gasteiger partial charge in [0.05, 0.1) is 18.4 Å². The first-order valence-corrected chi connectivity index (χ1v) is 10.1. The second kappa shape index (κ2) is 7.70. The molecule has 8 heteroatoms. The van der Waals surface area contributed by atoms with E-state index in [9.17, 15) is 0 Å². The summed E-state index contributed by atoms with van der Waals surface area (Å²) < 4.78 is 14.7. The number of hydrogen-bond donors (Lipinski definition) is 2. The number of hydrogen-bond acceptors (Lipinski definition) is 6. The molecule has 4 atom stereocenters. The summed E-state index contributed by atoms with van der Waals surface area (Å²) in [5.41, 5.74) is 13.7. The van der Waals surface area contributed by atoms with Crippen LogP contribution in [0.2, 0.25) is 0 Å². The fourth-order valence-corrected chi connectivity index (χ4v) is 4.50. The number of nitrogens with two attached hydrogens (primary N) is 2. The first kappa shape index (κ1) is 19.8. The summed E-state index contributed by atoms with van der Waals surface area (Å²) in [6.07, 6.45) is 1.80. The highest BCUT2D eigenvalue weighted by atomic mass is 32.1. The van der Waals surface area contributed by atoms with Crippen LogP contribution >= 0.6 is 12.2 Å². The van der Waals surface area contributed by atoms with Crippen molar-refractivity contribution in [2.24, 2.45) is 11.7 Å². The van der Waals surface area contributed by atoms with Crippen LogP contribution < -0.4 is 11.5 Å². The lowest BCUT2D eigenvalue weighted by Crippen LogP contribution is -2.50. The predicted octanol–water partition coefficient (Wildman–Crippen LogP) is 2.82. The van der Waals surface area contributed by atoms with Crippen molar-refractivity contribution in [1.82, 2.24) is 14.6 Å². The highest BCUT2D eigenvalue weighted by Gasteiger charge is 2.58. The lowest BCUT2D eigenvalue weighted by atomic mass is 9.86. The van der Waals surface area contributed by atoms with E-state index >= 15 is 0 Å². The molecule has 7 nitrogen and oxygen atoms in total. The van der Waals surface area contributed by atoms with Gasteiger partial charge in [0, 0.05) is 5.92 Å². The molecule has 0 bridgehead atoms. The third kappa shape index (κ3) is 3.17. The molecule has 2 aromatic heterocycles. The molecular weight excluding hydrogens is 386 g/mol. The monoisotopic (exact) mass is 411 g/mol. The van der Waals surface area contributed by atoms with E-state index in [0.717, 1.165) is 12.0 Å². The van der Waals surface area contributed by atoms with E-state index in [-0.39, 0.29) is 23.1 Å². The van der Waals surface area contributed by atoms with Gasteiger partial charge in [-0.2, -0.15) is 5.10 Å². The molecule has 0 radical (unpaired) electrons. The molecular formula is C21H25N5O2S. The van der Waals surface area contributed by atoms with Crippen LogP contribution in [-0.4, -0.2) is 31.8 Å². The van der Waals surface area contributed by atoms with Crippen LogP contribution in [0.3, 0.4) is 0 Å². The second-order valence-electron chi connectivity index (χ2n) is 7.40. The summed E-state index contributed by atoms with van der Waals surface area (Å²) >= 11 is 5.56. The van der Waals surface area contributed by atoms with Gasteiger partial charge in [0.1, 0.15) is 22.9 Å². The van der Waals surface area contributed by atoms with E-state index < -0.39 is 5.60 Å². The lowest BCUT2D eigenvalue weighted by molar-refractivity contribution is -0.0730. The summed E-state index contributed by atoms with van der Waals surface area (Å²) in [7, 11) is 0. The lowest BCUT2D eigenvalue weighted by Gasteiger charge is -2.34. The van der Waals surface area contributed by atoms with Crippen LogP contribution in [-0.2, 0) is 21.7 Å². The number of nitrogen functional groups attached to an aromatic ring is 1. The molecule has 1 aliphatic rings. The summed E-state index contributed by atoms with van der Waals surface area (Å²) in [6, 6.07) is 13.8. The normalized spacial score (nSPS) is 26.8. The Balaban J connectivity index is 1.81. The van der Waals surface area contributed by atoms with E-state index in [1.807, 2.05) is 42.5 Å². The van der Waals surface area contributed by atoms with Gasteiger partial charge in [-0.15, -0.1) is 0 Å². The largest absolute Gasteiger partial charge is 0.390 e. The van der Waals surface area contributed by atoms with Gasteiger partial charge in [0.15, 0.2) is 11.4 Å². The molecule has 0 amide bonds. The van der Waals surface area contributed by atoms with E-state index in [1.54, 1.807) is 4.52 Å². The zero-order valence-corrected chi connectivity index (χ0v) is 17.3. The number of benzene rings is 1. The zero-order valence-electron chi connectivity index (χ0n) is 16.5. The third-order valence-corrected chi connectivity index (χ3v) is 6.01. The molecule has 0 spiro atoms. The second-order valence-corrected chi connectivity index (χ2v) is 7.84. The van der Waals surface area contributed by atoms with Gasteiger partial charge in [-0.3, -0.25) is 0 Å². The standard InChI is InChI=1S/C21H25N5O2S/c1-3-16-13(2)18(27-11-14-7-5-4-6-8-14)21(28-16,20(23)29)17-10-9-15-19(22)24-12-25-26(15)17/h4-10,12-13,16,18H,3,11H2,1-2H3,(H2,23,29)(H2,22,24,25)/t13?,16-,18+,21+/m1/s1. The number of rotatable bonds is 6. The minimum Gasteiger partial charge on any atom is -0.390 e. The van der Waals surface area contributed by atoms with Crippen molar-refractivity contribution in [3.63, 3.8) is 0 Å². The number of aromatic nitrogens is 3. The van der Waals surface area contributed by atoms with Crippen LogP contribution in [0.1, 0.15) is 31.5 Å². The quantitative estimate of drug-likeness (QED) is 0.602. The van der Waals surface area contributed by atoms with Gasteiger partial charge in [-0.1, -0.05) is 56.4 Å². The number of anilines is 1. The van der Waals surface area contributed by atoms with Gasteiger partial charge in [0.25, 0.3) is 0 Å². The van der Waals surface area contributed by atoms with Gasteiger partial charge in [-0.25, -0.2) is 9.50 Å². The summed E-state index contributed by atoms with van der Waals surface area (Å²) in [5, 5.41) is 4.38. The van der Waals surface area contributed by atoms with Crippen LogP contribution in [0.25, 0.3) is 5.52 Å². The van der Waals surface area contributed by atoms with Crippen molar-refractivity contribution in [2.45, 2.75) is 44.7 Å². The van der Waals surface area contributed by atoms with Crippen molar-refractivity contribution in [1.29, 1.82) is 0 Å². The van der Waals surface area contributed by atoms with E-state index in [1.165, 1.54) is 6.33 Å². The van der Waals surface area contributed by atoms with Gasteiger partial charge in [0.2, 0.25) is 0 Å². The van der Waals surface area contributed by atoms with Crippen LogP contribution in [0.5, 0.6) is 0 Å². The first-order chi connectivity index (χ1) is 14.0. The Morgan fingerprint density at radius 2 is 2.03 bits per heavy atom. The molecule has 4 rings (SSSR count). The van der Waals surface area contributed by atoms with Crippen molar-refractivity contribution < 1.29 is 9.47 Å². The summed E-state index contributed by atoms with van der Waals surface area (Å²) in [5.74, 6) is 0.458. The van der Waals surface area contributed by atoms with Crippen LogP contribution in [0.15, 0.2) is 48.8 Å². The summed E-state index contributed by atoms with van der Waals surface area (Å²) in [4.78, 5) is 4.28. The molecule has 3 heterocycles. The summed E-state index contributed by atoms with van der Waals surface area (Å²) in [6.45, 7) is 4.63. The fourth-order valence-electron chi connectivity index (χ4n) is 4.23. The van der Waals surface area contributed by atoms with Crippen molar-refractivity contribution in [2.75, 3.05) is 5.73 Å². The maximum absolute atomic E-state index is 6.55. The maximum Gasteiger partial charge on any atom is 0.186 e. The van der Waals surface area contributed by atoms with E-state index in [0.29, 0.717) is 23.6 Å². The molecule has 1 aliphatic heterocycles. The number of ether oxygens (including phenoxy) is 2. The van der Waals surface area contributed by atoms with Crippen molar-refractivity contribution in [3.05, 3.63) is 60.0 Å². The molecule has 0 saturated carbocycles. The SMILES string of the molecule is CC[C@H]1O[C@@](C(N)=S)(c2ccc3c(N)ncnn23)[C@@H](OCc2ccccc2)C1C. The molecule has 1 saturated heterocycles. The van der Waals surface area contributed by atoms with Crippen molar-refractivity contribution >= 4 is 28.5 Å². The van der Waals surface area contributed by atoms with E-state index in [4.69, 9.17) is 33.2 Å². The minimum absolute atomic E-state index is 0.0537. The maximum atomic E-state index is 6.55. The molecule has 152 valence electrons. The molecule has 4 N–H and O–H groups in total.